The number of rotatable bonds is 5. The van der Waals surface area contributed by atoms with Gasteiger partial charge in [0.2, 0.25) is 5.75 Å². The number of methoxy groups -OCH3 is 3. The summed E-state index contributed by atoms with van der Waals surface area (Å²) in [4.78, 5) is 17.3. The van der Waals surface area contributed by atoms with E-state index in [-0.39, 0.29) is 5.56 Å². The van der Waals surface area contributed by atoms with E-state index in [0.29, 0.717) is 34.2 Å². The summed E-state index contributed by atoms with van der Waals surface area (Å²) in [7, 11) is 4.71. The van der Waals surface area contributed by atoms with Crippen molar-refractivity contribution in [1.82, 2.24) is 9.38 Å². The molecule has 2 aromatic heterocycles. The second-order valence-electron chi connectivity index (χ2n) is 6.10. The van der Waals surface area contributed by atoms with Crippen molar-refractivity contribution in [3.8, 4) is 17.2 Å². The quantitative estimate of drug-likeness (QED) is 0.691. The van der Waals surface area contributed by atoms with Gasteiger partial charge in [-0.3, -0.25) is 9.20 Å². The van der Waals surface area contributed by atoms with E-state index in [9.17, 15) is 4.79 Å². The summed E-state index contributed by atoms with van der Waals surface area (Å²) in [5.74, 6) is 1.66. The Kier molecular flexibility index (Phi) is 5.16. The maximum atomic E-state index is 12.6. The summed E-state index contributed by atoms with van der Waals surface area (Å²) in [6, 6.07) is 7.46. The van der Waals surface area contributed by atoms with Crippen molar-refractivity contribution in [1.29, 1.82) is 0 Å². The van der Waals surface area contributed by atoms with Gasteiger partial charge in [-0.1, -0.05) is 12.1 Å². The summed E-state index contributed by atoms with van der Waals surface area (Å²) in [6.07, 6.45) is 5.43. The minimum atomic E-state index is -0.0757. The molecule has 0 spiro atoms. The molecule has 140 valence electrons. The van der Waals surface area contributed by atoms with Crippen LogP contribution >= 0.6 is 0 Å². The standard InChI is InChI=1S/C21H22N2O4/c1-13-7-6-10-23-20(13)22-16(14(2)21(23)24)9-8-15-11-17(25-3)19(27-5)18(12-15)26-4/h6-12H,1-5H3. The highest BCUT2D eigenvalue weighted by Gasteiger charge is 2.12. The van der Waals surface area contributed by atoms with Crippen molar-refractivity contribution in [3.63, 3.8) is 0 Å². The van der Waals surface area contributed by atoms with Crippen molar-refractivity contribution >= 4 is 17.8 Å². The van der Waals surface area contributed by atoms with Gasteiger partial charge in [0.15, 0.2) is 11.5 Å². The number of fused-ring (bicyclic) bond motifs is 1. The molecule has 0 bridgehead atoms. The Morgan fingerprint density at radius 3 is 2.26 bits per heavy atom. The molecule has 0 aliphatic rings. The summed E-state index contributed by atoms with van der Waals surface area (Å²) >= 11 is 0. The number of pyridine rings is 1. The van der Waals surface area contributed by atoms with Gasteiger partial charge in [-0.15, -0.1) is 0 Å². The number of aromatic nitrogens is 2. The largest absolute Gasteiger partial charge is 0.493 e. The SMILES string of the molecule is COc1cc(C=Cc2nc3c(C)cccn3c(=O)c2C)cc(OC)c1OC. The molecule has 0 fully saturated rings. The predicted molar refractivity (Wildman–Crippen MR) is 106 cm³/mol. The Bertz CT molecular complexity index is 1060. The molecule has 6 heteroatoms. The average Bonchev–Trinajstić information content (AvgIpc) is 2.69. The van der Waals surface area contributed by atoms with E-state index < -0.39 is 0 Å². The number of aryl methyl sites for hydroxylation is 1. The number of nitrogens with zero attached hydrogens (tertiary/aromatic N) is 2. The van der Waals surface area contributed by atoms with Gasteiger partial charge < -0.3 is 14.2 Å². The summed E-state index contributed by atoms with van der Waals surface area (Å²) in [5, 5.41) is 0. The normalized spacial score (nSPS) is 11.1. The molecule has 0 saturated heterocycles. The number of ether oxygens (including phenoxy) is 3. The minimum Gasteiger partial charge on any atom is -0.493 e. The highest BCUT2D eigenvalue weighted by atomic mass is 16.5. The Morgan fingerprint density at radius 1 is 1.00 bits per heavy atom. The first-order valence-electron chi connectivity index (χ1n) is 8.46. The molecule has 0 aliphatic heterocycles. The van der Waals surface area contributed by atoms with Crippen LogP contribution < -0.4 is 19.8 Å². The topological polar surface area (TPSA) is 62.1 Å². The number of benzene rings is 1. The number of hydrogen-bond acceptors (Lipinski definition) is 5. The first-order chi connectivity index (χ1) is 13.0. The molecule has 0 saturated carbocycles. The second kappa shape index (κ2) is 7.53. The molecule has 1 aromatic carbocycles. The highest BCUT2D eigenvalue weighted by Crippen LogP contribution is 2.38. The van der Waals surface area contributed by atoms with E-state index >= 15 is 0 Å². The Morgan fingerprint density at radius 2 is 1.67 bits per heavy atom. The van der Waals surface area contributed by atoms with Crippen LogP contribution in [0.1, 0.15) is 22.4 Å². The third-order valence-corrected chi connectivity index (χ3v) is 4.43. The van der Waals surface area contributed by atoms with Gasteiger partial charge in [0.1, 0.15) is 5.65 Å². The van der Waals surface area contributed by atoms with Crippen LogP contribution in [0.25, 0.3) is 17.8 Å². The zero-order chi connectivity index (χ0) is 19.6. The van der Waals surface area contributed by atoms with Crippen LogP contribution in [0.15, 0.2) is 35.3 Å². The summed E-state index contributed by atoms with van der Waals surface area (Å²) < 4.78 is 17.7. The molecule has 0 atom stereocenters. The lowest BCUT2D eigenvalue weighted by atomic mass is 10.1. The lowest BCUT2D eigenvalue weighted by Gasteiger charge is -2.13. The Balaban J connectivity index is 2.10. The molecule has 0 radical (unpaired) electrons. The van der Waals surface area contributed by atoms with Gasteiger partial charge in [-0.05, 0) is 49.2 Å². The lowest BCUT2D eigenvalue weighted by molar-refractivity contribution is 0.324. The van der Waals surface area contributed by atoms with E-state index in [0.717, 1.165) is 11.1 Å². The molecular weight excluding hydrogens is 344 g/mol. The van der Waals surface area contributed by atoms with Crippen LogP contribution in [0.4, 0.5) is 0 Å². The molecule has 0 N–H and O–H groups in total. The van der Waals surface area contributed by atoms with E-state index in [1.54, 1.807) is 38.9 Å². The molecule has 3 rings (SSSR count). The van der Waals surface area contributed by atoms with Crippen molar-refractivity contribution in [3.05, 3.63) is 63.2 Å². The molecule has 27 heavy (non-hydrogen) atoms. The Hall–Kier alpha value is -3.28. The maximum Gasteiger partial charge on any atom is 0.261 e. The van der Waals surface area contributed by atoms with Crippen molar-refractivity contribution in [2.75, 3.05) is 21.3 Å². The smallest absolute Gasteiger partial charge is 0.261 e. The van der Waals surface area contributed by atoms with E-state index in [2.05, 4.69) is 4.98 Å². The fourth-order valence-electron chi connectivity index (χ4n) is 2.94. The first-order valence-corrected chi connectivity index (χ1v) is 8.46. The van der Waals surface area contributed by atoms with Crippen LogP contribution in [0.5, 0.6) is 17.2 Å². The second-order valence-corrected chi connectivity index (χ2v) is 6.10. The minimum absolute atomic E-state index is 0.0757. The fourth-order valence-corrected chi connectivity index (χ4v) is 2.94. The van der Waals surface area contributed by atoms with Crippen LogP contribution in [0.3, 0.4) is 0 Å². The van der Waals surface area contributed by atoms with E-state index in [4.69, 9.17) is 14.2 Å². The molecule has 6 nitrogen and oxygen atoms in total. The summed E-state index contributed by atoms with van der Waals surface area (Å²) in [6.45, 7) is 3.71. The van der Waals surface area contributed by atoms with Crippen LogP contribution in [-0.4, -0.2) is 30.7 Å². The molecular formula is C21H22N2O4. The first kappa shape index (κ1) is 18.5. The zero-order valence-corrected chi connectivity index (χ0v) is 16.1. The van der Waals surface area contributed by atoms with E-state index in [1.807, 2.05) is 43.3 Å². The molecule has 3 aromatic rings. The third kappa shape index (κ3) is 3.38. The fraction of sp³-hybridized carbons (Fsp3) is 0.238. The van der Waals surface area contributed by atoms with Crippen molar-refractivity contribution in [2.24, 2.45) is 0 Å². The number of hydrogen-bond donors (Lipinski definition) is 0. The van der Waals surface area contributed by atoms with Crippen molar-refractivity contribution < 1.29 is 14.2 Å². The van der Waals surface area contributed by atoms with Gasteiger partial charge in [0.25, 0.3) is 5.56 Å². The predicted octanol–water partition coefficient (Wildman–Crippen LogP) is 3.51. The molecule has 2 heterocycles. The van der Waals surface area contributed by atoms with E-state index in [1.165, 1.54) is 0 Å². The van der Waals surface area contributed by atoms with Crippen LogP contribution in [0, 0.1) is 13.8 Å². The van der Waals surface area contributed by atoms with Gasteiger partial charge in [0, 0.05) is 11.8 Å². The summed E-state index contributed by atoms with van der Waals surface area (Å²) in [5.41, 5.74) is 3.57. The van der Waals surface area contributed by atoms with Crippen LogP contribution in [0.2, 0.25) is 0 Å². The Labute approximate surface area is 157 Å². The average molecular weight is 366 g/mol. The zero-order valence-electron chi connectivity index (χ0n) is 16.1. The molecule has 0 unspecified atom stereocenters. The monoisotopic (exact) mass is 366 g/mol. The maximum absolute atomic E-state index is 12.6. The van der Waals surface area contributed by atoms with Gasteiger partial charge >= 0.3 is 0 Å². The third-order valence-electron chi connectivity index (χ3n) is 4.43. The highest BCUT2D eigenvalue weighted by molar-refractivity contribution is 5.73. The molecule has 0 amide bonds. The van der Waals surface area contributed by atoms with Crippen LogP contribution in [-0.2, 0) is 0 Å². The van der Waals surface area contributed by atoms with Gasteiger partial charge in [0.05, 0.1) is 27.0 Å². The molecule has 0 aliphatic carbocycles. The van der Waals surface area contributed by atoms with Crippen molar-refractivity contribution in [2.45, 2.75) is 13.8 Å². The van der Waals surface area contributed by atoms with Gasteiger partial charge in [-0.25, -0.2) is 4.98 Å². The lowest BCUT2D eigenvalue weighted by Crippen LogP contribution is -2.19. The van der Waals surface area contributed by atoms with Gasteiger partial charge in [-0.2, -0.15) is 0 Å².